The maximum absolute atomic E-state index is 13.6. The zero-order valence-electron chi connectivity index (χ0n) is 18.8. The minimum absolute atomic E-state index is 0.0872. The number of benzene rings is 2. The van der Waals surface area contributed by atoms with Gasteiger partial charge in [-0.05, 0) is 49.4 Å². The summed E-state index contributed by atoms with van der Waals surface area (Å²) >= 11 is 7.54. The molecular formula is C26H24ClN5OS. The van der Waals surface area contributed by atoms with Crippen molar-refractivity contribution in [2.75, 3.05) is 31.1 Å². The number of nitrogens with zero attached hydrogens (tertiary/aromatic N) is 5. The van der Waals surface area contributed by atoms with Gasteiger partial charge in [-0.3, -0.25) is 9.78 Å². The fraction of sp³-hybridized carbons (Fsp3) is 0.308. The van der Waals surface area contributed by atoms with Crippen molar-refractivity contribution in [3.63, 3.8) is 0 Å². The van der Waals surface area contributed by atoms with Crippen molar-refractivity contribution in [2.45, 2.75) is 13.3 Å². The van der Waals surface area contributed by atoms with E-state index in [0.29, 0.717) is 16.9 Å². The number of anilines is 1. The molecule has 2 unspecified atom stereocenters. The van der Waals surface area contributed by atoms with Crippen LogP contribution in [0.25, 0.3) is 22.3 Å². The first-order valence-corrected chi connectivity index (χ1v) is 12.7. The number of carbonyl (C=O) groups excluding carboxylic acids is 1. The van der Waals surface area contributed by atoms with Crippen molar-refractivity contribution in [3.8, 4) is 11.3 Å². The van der Waals surface area contributed by atoms with Crippen molar-refractivity contribution in [1.29, 1.82) is 0 Å². The van der Waals surface area contributed by atoms with E-state index < -0.39 is 0 Å². The zero-order chi connectivity index (χ0) is 23.2. The average Bonchev–Trinajstić information content (AvgIpc) is 3.24. The summed E-state index contributed by atoms with van der Waals surface area (Å²) in [4.78, 5) is 32.9. The van der Waals surface area contributed by atoms with E-state index in [2.05, 4.69) is 14.9 Å². The van der Waals surface area contributed by atoms with E-state index in [0.717, 1.165) is 70.6 Å². The Kier molecular flexibility index (Phi) is 5.46. The first-order chi connectivity index (χ1) is 16.5. The number of hydrogen-bond donors (Lipinski definition) is 0. The van der Waals surface area contributed by atoms with Gasteiger partial charge in [0.2, 0.25) is 0 Å². The molecule has 2 aromatic carbocycles. The quantitative estimate of drug-likeness (QED) is 0.390. The van der Waals surface area contributed by atoms with Gasteiger partial charge in [0, 0.05) is 36.8 Å². The fourth-order valence-electron chi connectivity index (χ4n) is 5.25. The summed E-state index contributed by atoms with van der Waals surface area (Å²) in [5.74, 6) is 1.84. The normalized spacial score (nSPS) is 20.1. The number of para-hydroxylation sites is 2. The molecule has 8 heteroatoms. The molecule has 0 saturated carbocycles. The van der Waals surface area contributed by atoms with E-state index in [1.54, 1.807) is 0 Å². The Morgan fingerprint density at radius 2 is 1.68 bits per heavy atom. The van der Waals surface area contributed by atoms with Gasteiger partial charge in [-0.2, -0.15) is 0 Å². The van der Waals surface area contributed by atoms with Crippen LogP contribution in [0.4, 0.5) is 5.82 Å². The molecule has 1 amide bonds. The van der Waals surface area contributed by atoms with E-state index in [1.807, 2.05) is 66.6 Å². The number of carbonyl (C=O) groups is 1. The van der Waals surface area contributed by atoms with Gasteiger partial charge < -0.3 is 9.80 Å². The number of rotatable bonds is 3. The number of aryl methyl sites for hydroxylation is 1. The number of aromatic nitrogens is 3. The van der Waals surface area contributed by atoms with Crippen LogP contribution in [-0.4, -0.2) is 51.9 Å². The summed E-state index contributed by atoms with van der Waals surface area (Å²) in [6, 6.07) is 15.5. The molecule has 2 atom stereocenters. The predicted octanol–water partition coefficient (Wildman–Crippen LogP) is 5.31. The lowest BCUT2D eigenvalue weighted by Crippen LogP contribution is -2.54. The van der Waals surface area contributed by atoms with Crippen molar-refractivity contribution < 1.29 is 4.79 Å². The average molecular weight is 490 g/mol. The monoisotopic (exact) mass is 489 g/mol. The van der Waals surface area contributed by atoms with E-state index in [-0.39, 0.29) is 5.91 Å². The second kappa shape index (κ2) is 8.64. The van der Waals surface area contributed by atoms with Crippen LogP contribution in [0.1, 0.15) is 21.1 Å². The third-order valence-corrected chi connectivity index (χ3v) is 7.88. The molecule has 172 valence electrons. The topological polar surface area (TPSA) is 62.2 Å². The highest BCUT2D eigenvalue weighted by Crippen LogP contribution is 2.35. The zero-order valence-corrected chi connectivity index (χ0v) is 20.4. The lowest BCUT2D eigenvalue weighted by Gasteiger charge is -2.46. The highest BCUT2D eigenvalue weighted by Gasteiger charge is 2.37. The second-order valence-corrected chi connectivity index (χ2v) is 10.9. The maximum Gasteiger partial charge on any atom is 0.266 e. The summed E-state index contributed by atoms with van der Waals surface area (Å²) in [5.41, 5.74) is 3.52. The number of thiazole rings is 1. The molecule has 4 heterocycles. The van der Waals surface area contributed by atoms with Gasteiger partial charge in [0.25, 0.3) is 5.91 Å². The molecule has 6 rings (SSSR count). The van der Waals surface area contributed by atoms with Crippen LogP contribution >= 0.6 is 22.9 Å². The lowest BCUT2D eigenvalue weighted by atomic mass is 9.84. The molecule has 2 aliphatic heterocycles. The number of amides is 1. The Morgan fingerprint density at radius 1 is 0.971 bits per heavy atom. The third kappa shape index (κ3) is 4.03. The van der Waals surface area contributed by atoms with Gasteiger partial charge in [0.1, 0.15) is 10.7 Å². The molecule has 4 aromatic rings. The maximum atomic E-state index is 13.6. The minimum Gasteiger partial charge on any atom is -0.355 e. The molecule has 2 aliphatic rings. The highest BCUT2D eigenvalue weighted by atomic mass is 35.5. The summed E-state index contributed by atoms with van der Waals surface area (Å²) in [6.45, 7) is 5.24. The molecule has 0 N–H and O–H groups in total. The molecule has 2 bridgehead atoms. The predicted molar refractivity (Wildman–Crippen MR) is 137 cm³/mol. The number of piperidine rings is 2. The van der Waals surface area contributed by atoms with E-state index in [9.17, 15) is 4.79 Å². The van der Waals surface area contributed by atoms with Gasteiger partial charge in [-0.1, -0.05) is 35.9 Å². The van der Waals surface area contributed by atoms with Crippen LogP contribution in [0.3, 0.4) is 0 Å². The molecule has 2 aromatic heterocycles. The van der Waals surface area contributed by atoms with Crippen molar-refractivity contribution in [1.82, 2.24) is 19.9 Å². The minimum atomic E-state index is 0.0872. The summed E-state index contributed by atoms with van der Waals surface area (Å²) in [6.07, 6.45) is 3.03. The SMILES string of the molecule is Cc1nc(-c2ccc(Cl)cc2)c(C(=O)N2CC3CC(C2)CN(c2cnc4ccccc4n2)C3)s1. The van der Waals surface area contributed by atoms with Gasteiger partial charge >= 0.3 is 0 Å². The van der Waals surface area contributed by atoms with E-state index in [4.69, 9.17) is 16.6 Å². The Balaban J connectivity index is 1.21. The largest absolute Gasteiger partial charge is 0.355 e. The van der Waals surface area contributed by atoms with Gasteiger partial charge in [-0.15, -0.1) is 11.3 Å². The molecule has 0 aliphatic carbocycles. The number of likely N-dealkylation sites (tertiary alicyclic amines) is 1. The van der Waals surface area contributed by atoms with Crippen LogP contribution in [0.2, 0.25) is 5.02 Å². The Hall–Kier alpha value is -3.03. The van der Waals surface area contributed by atoms with Gasteiger partial charge in [0.15, 0.2) is 0 Å². The lowest BCUT2D eigenvalue weighted by molar-refractivity contribution is 0.0569. The smallest absolute Gasteiger partial charge is 0.266 e. The van der Waals surface area contributed by atoms with Gasteiger partial charge in [-0.25, -0.2) is 9.97 Å². The van der Waals surface area contributed by atoms with Crippen molar-refractivity contribution in [3.05, 3.63) is 69.6 Å². The molecule has 0 spiro atoms. The molecule has 2 fully saturated rings. The van der Waals surface area contributed by atoms with Gasteiger partial charge in [0.05, 0.1) is 27.9 Å². The summed E-state index contributed by atoms with van der Waals surface area (Å²) < 4.78 is 0. The first kappa shape index (κ1) is 21.5. The Bertz CT molecular complexity index is 1360. The van der Waals surface area contributed by atoms with Crippen LogP contribution in [0.15, 0.2) is 54.7 Å². The fourth-order valence-corrected chi connectivity index (χ4v) is 6.29. The molecule has 34 heavy (non-hydrogen) atoms. The standard InChI is InChI=1S/C26H24ClN5OS/c1-16-29-24(19-6-8-20(27)9-7-19)25(34-16)26(33)32-14-17-10-18(15-32)13-31(12-17)23-11-28-21-4-2-3-5-22(21)30-23/h2-9,11,17-18H,10,12-15H2,1H3. The molecule has 6 nitrogen and oxygen atoms in total. The summed E-state index contributed by atoms with van der Waals surface area (Å²) in [5, 5.41) is 1.57. The van der Waals surface area contributed by atoms with Crippen LogP contribution < -0.4 is 4.90 Å². The second-order valence-electron chi connectivity index (χ2n) is 9.22. The summed E-state index contributed by atoms with van der Waals surface area (Å²) in [7, 11) is 0. The molecular weight excluding hydrogens is 466 g/mol. The number of fused-ring (bicyclic) bond motifs is 3. The number of hydrogen-bond acceptors (Lipinski definition) is 6. The van der Waals surface area contributed by atoms with Crippen LogP contribution in [0, 0.1) is 18.8 Å². The number of halogens is 1. The van der Waals surface area contributed by atoms with Crippen LogP contribution in [0.5, 0.6) is 0 Å². The molecule has 2 saturated heterocycles. The van der Waals surface area contributed by atoms with E-state index in [1.165, 1.54) is 11.3 Å². The van der Waals surface area contributed by atoms with Crippen molar-refractivity contribution in [2.24, 2.45) is 11.8 Å². The Labute approximate surface area is 207 Å². The Morgan fingerprint density at radius 3 is 2.41 bits per heavy atom. The molecule has 0 radical (unpaired) electrons. The third-order valence-electron chi connectivity index (χ3n) is 6.67. The first-order valence-electron chi connectivity index (χ1n) is 11.5. The van der Waals surface area contributed by atoms with Crippen LogP contribution in [-0.2, 0) is 0 Å². The van der Waals surface area contributed by atoms with Crippen molar-refractivity contribution >= 4 is 45.7 Å². The van der Waals surface area contributed by atoms with E-state index >= 15 is 0 Å². The highest BCUT2D eigenvalue weighted by molar-refractivity contribution is 7.14.